The van der Waals surface area contributed by atoms with Crippen LogP contribution in [0.4, 0.5) is 5.82 Å². The van der Waals surface area contributed by atoms with Crippen molar-refractivity contribution in [2.45, 2.75) is 38.6 Å². The van der Waals surface area contributed by atoms with Crippen LogP contribution in [0, 0.1) is 5.92 Å². The molecule has 1 aliphatic carbocycles. The summed E-state index contributed by atoms with van der Waals surface area (Å²) in [6, 6.07) is -0.0880. The first-order chi connectivity index (χ1) is 9.47. The number of anilines is 1. The minimum atomic E-state index is -0.766. The Hall–Kier alpha value is -1.56. The van der Waals surface area contributed by atoms with Crippen molar-refractivity contribution in [3.05, 3.63) is 26.4 Å². The van der Waals surface area contributed by atoms with Crippen molar-refractivity contribution in [2.75, 3.05) is 11.6 Å². The van der Waals surface area contributed by atoms with Crippen LogP contribution in [0.3, 0.4) is 0 Å². The zero-order valence-corrected chi connectivity index (χ0v) is 12.1. The number of halogens is 1. The number of Topliss-reactive ketones (excluding diaryl/α,β-unsaturated/α-hetero) is 1. The molecule has 0 aromatic carbocycles. The second kappa shape index (κ2) is 5.83. The maximum Gasteiger partial charge on any atom is 0.330 e. The predicted molar refractivity (Wildman–Crippen MR) is 77.5 cm³/mol. The van der Waals surface area contributed by atoms with Gasteiger partial charge in [0.1, 0.15) is 11.4 Å². The van der Waals surface area contributed by atoms with Crippen LogP contribution < -0.4 is 17.0 Å². The van der Waals surface area contributed by atoms with E-state index < -0.39 is 17.0 Å². The Labute approximate surface area is 120 Å². The molecule has 0 aliphatic heterocycles. The second-order valence-electron chi connectivity index (χ2n) is 5.28. The zero-order valence-electron chi connectivity index (χ0n) is 11.3. The first kappa shape index (κ1) is 14.8. The number of carbonyl (C=O) groups is 1. The lowest BCUT2D eigenvalue weighted by Gasteiger charge is -2.31. The molecule has 0 spiro atoms. The van der Waals surface area contributed by atoms with Gasteiger partial charge in [-0.1, -0.05) is 19.8 Å². The van der Waals surface area contributed by atoms with Gasteiger partial charge in [-0.15, -0.1) is 11.6 Å². The summed E-state index contributed by atoms with van der Waals surface area (Å²) in [5.74, 6) is -0.703. The molecule has 110 valence electrons. The molecule has 20 heavy (non-hydrogen) atoms. The van der Waals surface area contributed by atoms with Gasteiger partial charge >= 0.3 is 5.69 Å². The third-order valence-electron chi connectivity index (χ3n) is 3.98. The monoisotopic (exact) mass is 299 g/mol. The SMILES string of the molecule is C[C@H]1CCCC[C@@H]1n1c(N)c(C(=O)CCl)c(=O)[nH]c1=O. The molecule has 1 saturated carbocycles. The first-order valence-corrected chi connectivity index (χ1v) is 7.24. The fourth-order valence-electron chi connectivity index (χ4n) is 2.91. The van der Waals surface area contributed by atoms with E-state index in [0.29, 0.717) is 0 Å². The average molecular weight is 300 g/mol. The standard InChI is InChI=1S/C13H18ClN3O3/c1-7-4-2-3-5-8(7)17-11(15)10(9(18)6-14)12(19)16-13(17)20/h7-8H,2-6,15H2,1H3,(H,16,19,20)/t7-,8-/m0/s1. The third-order valence-corrected chi connectivity index (χ3v) is 4.22. The summed E-state index contributed by atoms with van der Waals surface area (Å²) in [5, 5.41) is 0. The molecule has 7 heteroatoms. The highest BCUT2D eigenvalue weighted by Crippen LogP contribution is 2.33. The van der Waals surface area contributed by atoms with Gasteiger partial charge in [0.2, 0.25) is 0 Å². The fourth-order valence-corrected chi connectivity index (χ4v) is 3.05. The number of ketones is 1. The molecule has 1 aliphatic rings. The van der Waals surface area contributed by atoms with Gasteiger partial charge in [-0.2, -0.15) is 0 Å². The highest BCUT2D eigenvalue weighted by Gasteiger charge is 2.28. The summed E-state index contributed by atoms with van der Waals surface area (Å²) in [6.07, 6.45) is 3.92. The molecule has 0 bridgehead atoms. The fraction of sp³-hybridized carbons (Fsp3) is 0.615. The maximum absolute atomic E-state index is 12.1. The van der Waals surface area contributed by atoms with E-state index in [2.05, 4.69) is 4.98 Å². The van der Waals surface area contributed by atoms with Crippen molar-refractivity contribution in [3.8, 4) is 0 Å². The zero-order chi connectivity index (χ0) is 14.9. The molecule has 0 saturated heterocycles. The highest BCUT2D eigenvalue weighted by molar-refractivity contribution is 6.31. The lowest BCUT2D eigenvalue weighted by Crippen LogP contribution is -2.40. The van der Waals surface area contributed by atoms with Gasteiger partial charge in [0.15, 0.2) is 5.78 Å². The van der Waals surface area contributed by atoms with E-state index in [-0.39, 0.29) is 29.2 Å². The summed E-state index contributed by atoms with van der Waals surface area (Å²) in [7, 11) is 0. The highest BCUT2D eigenvalue weighted by atomic mass is 35.5. The molecule has 6 nitrogen and oxygen atoms in total. The number of rotatable bonds is 3. The Morgan fingerprint density at radius 2 is 2.05 bits per heavy atom. The van der Waals surface area contributed by atoms with Crippen LogP contribution in [0.5, 0.6) is 0 Å². The van der Waals surface area contributed by atoms with Crippen molar-refractivity contribution in [1.29, 1.82) is 0 Å². The summed E-state index contributed by atoms with van der Waals surface area (Å²) in [4.78, 5) is 37.7. The van der Waals surface area contributed by atoms with Gasteiger partial charge in [0.25, 0.3) is 5.56 Å². The van der Waals surface area contributed by atoms with Crippen molar-refractivity contribution >= 4 is 23.2 Å². The van der Waals surface area contributed by atoms with Gasteiger partial charge in [-0.25, -0.2) is 4.79 Å². The number of H-pyrrole nitrogens is 1. The normalized spacial score (nSPS) is 22.7. The molecule has 3 N–H and O–H groups in total. The summed E-state index contributed by atoms with van der Waals surface area (Å²) < 4.78 is 1.35. The Bertz CT molecular complexity index is 635. The molecule has 1 aromatic heterocycles. The number of hydrogen-bond acceptors (Lipinski definition) is 4. The second-order valence-corrected chi connectivity index (χ2v) is 5.54. The molecule has 0 unspecified atom stereocenters. The minimum absolute atomic E-state index is 0.0665. The number of aromatic amines is 1. The first-order valence-electron chi connectivity index (χ1n) is 6.70. The summed E-state index contributed by atoms with van der Waals surface area (Å²) >= 11 is 5.49. The van der Waals surface area contributed by atoms with E-state index >= 15 is 0 Å². The van der Waals surface area contributed by atoms with E-state index in [1.165, 1.54) is 4.57 Å². The number of aromatic nitrogens is 2. The van der Waals surface area contributed by atoms with Crippen LogP contribution in [0.1, 0.15) is 49.0 Å². The minimum Gasteiger partial charge on any atom is -0.384 e. The number of nitrogens with one attached hydrogen (secondary N) is 1. The lowest BCUT2D eigenvalue weighted by molar-refractivity contribution is 0.101. The van der Waals surface area contributed by atoms with Crippen molar-refractivity contribution in [3.63, 3.8) is 0 Å². The Morgan fingerprint density at radius 1 is 1.40 bits per heavy atom. The van der Waals surface area contributed by atoms with Crippen LogP contribution >= 0.6 is 11.6 Å². The van der Waals surface area contributed by atoms with Crippen LogP contribution in [0.25, 0.3) is 0 Å². The molecule has 0 radical (unpaired) electrons. The molecular formula is C13H18ClN3O3. The molecule has 0 amide bonds. The molecule has 2 atom stereocenters. The van der Waals surface area contributed by atoms with Crippen molar-refractivity contribution in [1.82, 2.24) is 9.55 Å². The Kier molecular flexibility index (Phi) is 4.32. The van der Waals surface area contributed by atoms with Gasteiger partial charge < -0.3 is 5.73 Å². The largest absolute Gasteiger partial charge is 0.384 e. The molecule has 1 heterocycles. The molecule has 1 aromatic rings. The van der Waals surface area contributed by atoms with Crippen LogP contribution in [-0.4, -0.2) is 21.2 Å². The Morgan fingerprint density at radius 3 is 2.65 bits per heavy atom. The topological polar surface area (TPSA) is 97.9 Å². The van der Waals surface area contributed by atoms with Gasteiger partial charge in [-0.05, 0) is 18.8 Å². The van der Waals surface area contributed by atoms with Crippen molar-refractivity contribution < 1.29 is 4.79 Å². The van der Waals surface area contributed by atoms with E-state index in [1.54, 1.807) is 0 Å². The smallest absolute Gasteiger partial charge is 0.330 e. The predicted octanol–water partition coefficient (Wildman–Crippen LogP) is 1.29. The van der Waals surface area contributed by atoms with E-state index in [4.69, 9.17) is 17.3 Å². The molecule has 1 fully saturated rings. The Balaban J connectivity index is 2.61. The summed E-state index contributed by atoms with van der Waals surface area (Å²) in [6.45, 7) is 2.05. The quantitative estimate of drug-likeness (QED) is 0.649. The van der Waals surface area contributed by atoms with Gasteiger partial charge in [0, 0.05) is 6.04 Å². The molecule has 2 rings (SSSR count). The number of nitrogens with two attached hydrogens (primary N) is 1. The van der Waals surface area contributed by atoms with Gasteiger partial charge in [0.05, 0.1) is 5.88 Å². The van der Waals surface area contributed by atoms with Crippen LogP contribution in [0.15, 0.2) is 9.59 Å². The number of nitrogens with zero attached hydrogens (tertiary/aromatic N) is 1. The lowest BCUT2D eigenvalue weighted by atomic mass is 9.85. The number of hydrogen-bond donors (Lipinski definition) is 2. The van der Waals surface area contributed by atoms with Crippen LogP contribution in [0.2, 0.25) is 0 Å². The maximum atomic E-state index is 12.1. The number of carbonyl (C=O) groups excluding carboxylic acids is 1. The van der Waals surface area contributed by atoms with E-state index in [9.17, 15) is 14.4 Å². The number of alkyl halides is 1. The van der Waals surface area contributed by atoms with Gasteiger partial charge in [-0.3, -0.25) is 19.1 Å². The number of nitrogen functional groups attached to an aromatic ring is 1. The molecular weight excluding hydrogens is 282 g/mol. The van der Waals surface area contributed by atoms with E-state index in [0.717, 1.165) is 25.7 Å². The van der Waals surface area contributed by atoms with Crippen molar-refractivity contribution in [2.24, 2.45) is 5.92 Å². The van der Waals surface area contributed by atoms with E-state index in [1.807, 2.05) is 6.92 Å². The third kappa shape index (κ3) is 2.52. The summed E-state index contributed by atoms with van der Waals surface area (Å²) in [5.41, 5.74) is 4.38. The van der Waals surface area contributed by atoms with Crippen LogP contribution in [-0.2, 0) is 0 Å². The average Bonchev–Trinajstić information content (AvgIpc) is 2.40.